The molecule has 0 aromatic carbocycles. The smallest absolute Gasteiger partial charge is 0.0599 e. The number of aliphatic hydroxyl groups is 1. The molecule has 0 radical (unpaired) electrons. The Labute approximate surface area is 197 Å². The molecule has 0 aromatic rings. The third-order valence-electron chi connectivity index (χ3n) is 11.4. The first kappa shape index (κ1) is 22.9. The predicted octanol–water partition coefficient (Wildman–Crippen LogP) is 8.54. The molecular formula is C31H48O. The Balaban J connectivity index is 1.42. The van der Waals surface area contributed by atoms with Crippen LogP contribution in [-0.4, -0.2) is 11.2 Å². The van der Waals surface area contributed by atoms with E-state index in [2.05, 4.69) is 46.8 Å². The van der Waals surface area contributed by atoms with Crippen LogP contribution in [0, 0.1) is 34.0 Å². The molecule has 0 aliphatic heterocycles. The van der Waals surface area contributed by atoms with Crippen LogP contribution in [0.3, 0.4) is 0 Å². The molecule has 5 aliphatic carbocycles. The molecule has 178 valence electrons. The fraction of sp³-hybridized carbons (Fsp3) is 0.806. The lowest BCUT2D eigenvalue weighted by Gasteiger charge is -2.60. The van der Waals surface area contributed by atoms with Crippen molar-refractivity contribution in [3.8, 4) is 0 Å². The number of hydrogen-bond donors (Lipinski definition) is 1. The lowest BCUT2D eigenvalue weighted by Crippen LogP contribution is -2.54. The molecule has 6 atom stereocenters. The van der Waals surface area contributed by atoms with Crippen LogP contribution in [0.5, 0.6) is 0 Å². The average Bonchev–Trinajstić information content (AvgIpc) is 3.36. The molecule has 5 rings (SSSR count). The summed E-state index contributed by atoms with van der Waals surface area (Å²) >= 11 is 0. The highest BCUT2D eigenvalue weighted by molar-refractivity contribution is 5.50. The van der Waals surface area contributed by atoms with Gasteiger partial charge in [-0.3, -0.25) is 0 Å². The quantitative estimate of drug-likeness (QED) is 0.438. The monoisotopic (exact) mass is 436 g/mol. The molecule has 32 heavy (non-hydrogen) atoms. The highest BCUT2D eigenvalue weighted by Gasteiger charge is 2.60. The third-order valence-corrected chi connectivity index (χ3v) is 11.4. The SMILES string of the molecule is CC(C)=CCC[C@@H](C)[C@H]1CC=C2C3=C(CC[C@@]21C)[C@@]1(C)CC[C@H](O)C2(CCCC2)C1CC3. The molecule has 0 saturated heterocycles. The van der Waals surface area contributed by atoms with Gasteiger partial charge in [-0.05, 0) is 130 Å². The number of hydrogen-bond acceptors (Lipinski definition) is 1. The Morgan fingerprint density at radius 2 is 1.81 bits per heavy atom. The minimum Gasteiger partial charge on any atom is -0.393 e. The molecule has 0 amide bonds. The zero-order valence-corrected chi connectivity index (χ0v) is 21.6. The van der Waals surface area contributed by atoms with Crippen molar-refractivity contribution in [1.82, 2.24) is 0 Å². The predicted molar refractivity (Wildman–Crippen MR) is 135 cm³/mol. The Hall–Kier alpha value is -0.820. The van der Waals surface area contributed by atoms with Gasteiger partial charge in [0.15, 0.2) is 0 Å². The van der Waals surface area contributed by atoms with E-state index in [1.165, 1.54) is 82.6 Å². The van der Waals surface area contributed by atoms with E-state index in [0.29, 0.717) is 16.7 Å². The lowest BCUT2D eigenvalue weighted by atomic mass is 9.45. The van der Waals surface area contributed by atoms with E-state index < -0.39 is 0 Å². The van der Waals surface area contributed by atoms with Gasteiger partial charge in [-0.2, -0.15) is 0 Å². The zero-order chi connectivity index (χ0) is 22.7. The molecule has 0 heterocycles. The van der Waals surface area contributed by atoms with Gasteiger partial charge in [-0.1, -0.05) is 56.9 Å². The summed E-state index contributed by atoms with van der Waals surface area (Å²) in [5.74, 6) is 2.33. The molecule has 1 heteroatoms. The van der Waals surface area contributed by atoms with E-state index in [1.807, 2.05) is 5.57 Å². The summed E-state index contributed by atoms with van der Waals surface area (Å²) in [6.45, 7) is 12.2. The van der Waals surface area contributed by atoms with Crippen LogP contribution in [0.1, 0.15) is 118 Å². The number of fused-ring (bicyclic) bond motifs is 5. The summed E-state index contributed by atoms with van der Waals surface area (Å²) in [5.41, 5.74) is 7.83. The number of aliphatic hydroxyl groups excluding tert-OH is 1. The van der Waals surface area contributed by atoms with Crippen LogP contribution >= 0.6 is 0 Å². The maximum atomic E-state index is 11.2. The Morgan fingerprint density at radius 1 is 1.06 bits per heavy atom. The lowest BCUT2D eigenvalue weighted by molar-refractivity contribution is -0.108. The van der Waals surface area contributed by atoms with Crippen molar-refractivity contribution >= 4 is 0 Å². The molecule has 0 bridgehead atoms. The van der Waals surface area contributed by atoms with Crippen LogP contribution < -0.4 is 0 Å². The third kappa shape index (κ3) is 3.27. The van der Waals surface area contributed by atoms with E-state index in [0.717, 1.165) is 18.3 Å². The molecular weight excluding hydrogens is 388 g/mol. The molecule has 2 saturated carbocycles. The summed E-state index contributed by atoms with van der Waals surface area (Å²) in [5, 5.41) is 11.2. The van der Waals surface area contributed by atoms with Gasteiger partial charge < -0.3 is 5.11 Å². The topological polar surface area (TPSA) is 20.2 Å². The van der Waals surface area contributed by atoms with Crippen molar-refractivity contribution in [2.45, 2.75) is 124 Å². The Morgan fingerprint density at radius 3 is 2.53 bits per heavy atom. The highest BCUT2D eigenvalue weighted by Crippen LogP contribution is 2.69. The van der Waals surface area contributed by atoms with Crippen molar-refractivity contribution in [3.05, 3.63) is 34.4 Å². The second-order valence-corrected chi connectivity index (χ2v) is 13.2. The van der Waals surface area contributed by atoms with Crippen LogP contribution in [0.4, 0.5) is 0 Å². The highest BCUT2D eigenvalue weighted by atomic mass is 16.3. The molecule has 1 nitrogen and oxygen atoms in total. The summed E-state index contributed by atoms with van der Waals surface area (Å²) in [6, 6.07) is 0. The maximum Gasteiger partial charge on any atom is 0.0599 e. The van der Waals surface area contributed by atoms with Crippen molar-refractivity contribution in [2.75, 3.05) is 0 Å². The van der Waals surface area contributed by atoms with Gasteiger partial charge in [-0.25, -0.2) is 0 Å². The normalized spacial score (nSPS) is 41.1. The van der Waals surface area contributed by atoms with Crippen LogP contribution in [0.2, 0.25) is 0 Å². The molecule has 0 aromatic heterocycles. The van der Waals surface area contributed by atoms with Gasteiger partial charge in [0.25, 0.3) is 0 Å². The van der Waals surface area contributed by atoms with Gasteiger partial charge in [0.05, 0.1) is 6.10 Å². The zero-order valence-electron chi connectivity index (χ0n) is 21.6. The van der Waals surface area contributed by atoms with Gasteiger partial charge in [0, 0.05) is 0 Å². The first-order valence-electron chi connectivity index (χ1n) is 14.0. The van der Waals surface area contributed by atoms with Crippen molar-refractivity contribution < 1.29 is 5.11 Å². The van der Waals surface area contributed by atoms with Gasteiger partial charge in [0.1, 0.15) is 0 Å². The second kappa shape index (κ2) is 8.14. The van der Waals surface area contributed by atoms with E-state index in [4.69, 9.17) is 0 Å². The molecule has 1 N–H and O–H groups in total. The van der Waals surface area contributed by atoms with Crippen molar-refractivity contribution in [3.63, 3.8) is 0 Å². The second-order valence-electron chi connectivity index (χ2n) is 13.2. The van der Waals surface area contributed by atoms with Gasteiger partial charge in [0.2, 0.25) is 0 Å². The van der Waals surface area contributed by atoms with Gasteiger partial charge >= 0.3 is 0 Å². The van der Waals surface area contributed by atoms with Crippen molar-refractivity contribution in [1.29, 1.82) is 0 Å². The summed E-state index contributed by atoms with van der Waals surface area (Å²) in [6.07, 6.45) is 21.7. The Bertz CT molecular complexity index is 833. The van der Waals surface area contributed by atoms with E-state index in [-0.39, 0.29) is 11.5 Å². The van der Waals surface area contributed by atoms with Crippen LogP contribution in [0.15, 0.2) is 34.4 Å². The summed E-state index contributed by atoms with van der Waals surface area (Å²) < 4.78 is 0. The Kier molecular flexibility index (Phi) is 5.84. The van der Waals surface area contributed by atoms with Crippen molar-refractivity contribution in [2.24, 2.45) is 34.0 Å². The van der Waals surface area contributed by atoms with E-state index in [9.17, 15) is 5.11 Å². The van der Waals surface area contributed by atoms with E-state index >= 15 is 0 Å². The fourth-order valence-corrected chi connectivity index (χ4v) is 9.77. The molecule has 1 unspecified atom stereocenters. The standard InChI is InChI=1S/C31H48O/c1-21(2)9-8-10-22(3)24-12-13-25-23-11-14-27-30(5,26(23)15-19-29(24,25)4)20-16-28(32)31(27)17-6-7-18-31/h9,13,22,24,27-28,32H,6-8,10-12,14-20H2,1-5H3/t22-,24-,27?,28+,29-,30-/m1/s1. The summed E-state index contributed by atoms with van der Waals surface area (Å²) in [4.78, 5) is 0. The van der Waals surface area contributed by atoms with Crippen LogP contribution in [0.25, 0.3) is 0 Å². The first-order chi connectivity index (χ1) is 15.2. The first-order valence-corrected chi connectivity index (χ1v) is 14.0. The largest absolute Gasteiger partial charge is 0.393 e. The molecule has 1 spiro atoms. The summed E-state index contributed by atoms with van der Waals surface area (Å²) in [7, 11) is 0. The minimum atomic E-state index is -0.0455. The molecule has 2 fully saturated rings. The minimum absolute atomic E-state index is 0.0455. The fourth-order valence-electron chi connectivity index (χ4n) is 9.77. The van der Waals surface area contributed by atoms with Crippen LogP contribution in [-0.2, 0) is 0 Å². The van der Waals surface area contributed by atoms with E-state index in [1.54, 1.807) is 11.1 Å². The number of allylic oxidation sites excluding steroid dienone is 6. The maximum absolute atomic E-state index is 11.2. The average molecular weight is 437 g/mol. The molecule has 5 aliphatic rings. The van der Waals surface area contributed by atoms with Gasteiger partial charge in [-0.15, -0.1) is 0 Å². The number of rotatable bonds is 4.